The maximum Gasteiger partial charge on any atom is 0.243 e. The lowest BCUT2D eigenvalue weighted by atomic mass is 10.5. The van der Waals surface area contributed by atoms with Crippen LogP contribution in [0.3, 0.4) is 0 Å². The number of nitrogens with one attached hydrogen (secondary N) is 1. The number of hydrogen-bond acceptors (Lipinski definition) is 4. The average molecular weight is 203 g/mol. The molecule has 0 rings (SSSR count). The Bertz CT molecular complexity index is 161. The lowest BCUT2D eigenvalue weighted by Gasteiger charge is -2.04. The van der Waals surface area contributed by atoms with Crippen molar-refractivity contribution in [2.75, 3.05) is 39.6 Å². The molecule has 0 fully saturated rings. The van der Waals surface area contributed by atoms with E-state index in [1.54, 1.807) is 0 Å². The molecule has 82 valence electrons. The number of rotatable bonds is 9. The van der Waals surface area contributed by atoms with Gasteiger partial charge in [-0.3, -0.25) is 4.79 Å². The van der Waals surface area contributed by atoms with Gasteiger partial charge in [0.15, 0.2) is 0 Å². The van der Waals surface area contributed by atoms with Crippen LogP contribution < -0.4 is 5.32 Å². The Morgan fingerprint density at radius 1 is 1.29 bits per heavy atom. The highest BCUT2D eigenvalue weighted by Gasteiger charge is 1.92. The van der Waals surface area contributed by atoms with Crippen LogP contribution in [0, 0.1) is 0 Å². The van der Waals surface area contributed by atoms with Crippen LogP contribution in [0.1, 0.15) is 0 Å². The second-order valence-corrected chi connectivity index (χ2v) is 2.44. The number of ether oxygens (including phenoxy) is 2. The van der Waals surface area contributed by atoms with Crippen LogP contribution >= 0.6 is 0 Å². The first kappa shape index (κ1) is 13.1. The highest BCUT2D eigenvalue weighted by atomic mass is 16.5. The molecule has 0 aromatic rings. The molecule has 0 atom stereocenters. The molecule has 0 unspecified atom stereocenters. The van der Waals surface area contributed by atoms with Crippen molar-refractivity contribution in [2.24, 2.45) is 0 Å². The van der Waals surface area contributed by atoms with Crippen molar-refractivity contribution in [1.29, 1.82) is 0 Å². The van der Waals surface area contributed by atoms with Crippen molar-refractivity contribution < 1.29 is 19.4 Å². The maximum absolute atomic E-state index is 10.6. The van der Waals surface area contributed by atoms with Gasteiger partial charge in [-0.15, -0.1) is 0 Å². The minimum atomic E-state index is -0.204. The van der Waals surface area contributed by atoms with Gasteiger partial charge in [-0.05, 0) is 6.08 Å². The summed E-state index contributed by atoms with van der Waals surface area (Å²) in [6.07, 6.45) is 1.21. The molecule has 0 bridgehead atoms. The molecule has 0 heterocycles. The largest absolute Gasteiger partial charge is 0.394 e. The molecule has 0 saturated heterocycles. The summed E-state index contributed by atoms with van der Waals surface area (Å²) in [5.74, 6) is -0.204. The molecule has 2 N–H and O–H groups in total. The number of amides is 1. The first-order chi connectivity index (χ1) is 6.81. The van der Waals surface area contributed by atoms with Crippen LogP contribution in [0.5, 0.6) is 0 Å². The Balaban J connectivity index is 2.99. The number of carbonyl (C=O) groups excluding carboxylic acids is 1. The van der Waals surface area contributed by atoms with Gasteiger partial charge in [-0.1, -0.05) is 6.58 Å². The van der Waals surface area contributed by atoms with Crippen LogP contribution in [0.15, 0.2) is 12.7 Å². The van der Waals surface area contributed by atoms with E-state index in [1.807, 2.05) is 0 Å². The van der Waals surface area contributed by atoms with Gasteiger partial charge in [-0.25, -0.2) is 0 Å². The van der Waals surface area contributed by atoms with Crippen molar-refractivity contribution >= 4 is 5.91 Å². The molecule has 1 amide bonds. The lowest BCUT2D eigenvalue weighted by molar-refractivity contribution is -0.116. The smallest absolute Gasteiger partial charge is 0.243 e. The third-order valence-corrected chi connectivity index (χ3v) is 1.34. The minimum absolute atomic E-state index is 0.0232. The number of aliphatic hydroxyl groups is 1. The van der Waals surface area contributed by atoms with Crippen LogP contribution in [-0.2, 0) is 14.3 Å². The van der Waals surface area contributed by atoms with Gasteiger partial charge in [0.2, 0.25) is 5.91 Å². The highest BCUT2D eigenvalue weighted by molar-refractivity contribution is 5.86. The van der Waals surface area contributed by atoms with E-state index in [0.717, 1.165) is 0 Å². The lowest BCUT2D eigenvalue weighted by Crippen LogP contribution is -2.25. The molecule has 5 heteroatoms. The molecule has 0 spiro atoms. The average Bonchev–Trinajstić information content (AvgIpc) is 2.21. The third-order valence-electron chi connectivity index (χ3n) is 1.34. The van der Waals surface area contributed by atoms with Gasteiger partial charge in [0, 0.05) is 6.54 Å². The molecule has 5 nitrogen and oxygen atoms in total. The summed E-state index contributed by atoms with van der Waals surface area (Å²) < 4.78 is 10.1. The summed E-state index contributed by atoms with van der Waals surface area (Å²) >= 11 is 0. The van der Waals surface area contributed by atoms with E-state index in [0.29, 0.717) is 33.0 Å². The second-order valence-electron chi connectivity index (χ2n) is 2.44. The summed E-state index contributed by atoms with van der Waals surface area (Å²) in [6, 6.07) is 0. The van der Waals surface area contributed by atoms with E-state index in [-0.39, 0.29) is 12.5 Å². The molecule has 0 aliphatic carbocycles. The number of aliphatic hydroxyl groups excluding tert-OH is 1. The maximum atomic E-state index is 10.6. The normalized spacial score (nSPS) is 9.79. The zero-order chi connectivity index (χ0) is 10.6. The first-order valence-electron chi connectivity index (χ1n) is 4.48. The standard InChI is InChI=1S/C9H17NO4/c1-2-9(12)10-3-5-13-7-8-14-6-4-11/h2,11H,1,3-8H2,(H,10,12). The molecular formula is C9H17NO4. The van der Waals surface area contributed by atoms with E-state index in [1.165, 1.54) is 6.08 Å². The molecule has 0 aromatic heterocycles. The fourth-order valence-electron chi connectivity index (χ4n) is 0.705. The van der Waals surface area contributed by atoms with Gasteiger partial charge < -0.3 is 19.9 Å². The SMILES string of the molecule is C=CC(=O)NCCOCCOCCO. The predicted molar refractivity (Wildman–Crippen MR) is 51.9 cm³/mol. The summed E-state index contributed by atoms with van der Waals surface area (Å²) in [5.41, 5.74) is 0. The molecule has 0 aromatic carbocycles. The Morgan fingerprint density at radius 3 is 2.50 bits per heavy atom. The van der Waals surface area contributed by atoms with Gasteiger partial charge in [0.05, 0.1) is 33.0 Å². The zero-order valence-corrected chi connectivity index (χ0v) is 8.20. The van der Waals surface area contributed by atoms with Crippen molar-refractivity contribution in [2.45, 2.75) is 0 Å². The Morgan fingerprint density at radius 2 is 1.93 bits per heavy atom. The molecule has 14 heavy (non-hydrogen) atoms. The molecule has 0 saturated carbocycles. The topological polar surface area (TPSA) is 67.8 Å². The summed E-state index contributed by atoms with van der Waals surface area (Å²) in [5, 5.41) is 10.9. The van der Waals surface area contributed by atoms with Gasteiger partial charge >= 0.3 is 0 Å². The molecule has 0 radical (unpaired) electrons. The number of carbonyl (C=O) groups is 1. The van der Waals surface area contributed by atoms with Gasteiger partial charge in [0.1, 0.15) is 0 Å². The third kappa shape index (κ3) is 9.18. The first-order valence-corrected chi connectivity index (χ1v) is 4.48. The van der Waals surface area contributed by atoms with Crippen LogP contribution in [0.2, 0.25) is 0 Å². The van der Waals surface area contributed by atoms with Crippen molar-refractivity contribution in [3.63, 3.8) is 0 Å². The van der Waals surface area contributed by atoms with Crippen LogP contribution in [0.4, 0.5) is 0 Å². The summed E-state index contributed by atoms with van der Waals surface area (Å²) in [4.78, 5) is 10.6. The second kappa shape index (κ2) is 10.2. The Kier molecular flexibility index (Phi) is 9.51. The van der Waals surface area contributed by atoms with Crippen LogP contribution in [0.25, 0.3) is 0 Å². The monoisotopic (exact) mass is 203 g/mol. The number of hydrogen-bond donors (Lipinski definition) is 2. The van der Waals surface area contributed by atoms with Gasteiger partial charge in [0.25, 0.3) is 0 Å². The van der Waals surface area contributed by atoms with Crippen molar-refractivity contribution in [3.8, 4) is 0 Å². The van der Waals surface area contributed by atoms with Crippen molar-refractivity contribution in [1.82, 2.24) is 5.32 Å². The summed E-state index contributed by atoms with van der Waals surface area (Å²) in [6.45, 7) is 5.49. The van der Waals surface area contributed by atoms with E-state index in [4.69, 9.17) is 14.6 Å². The molecule has 0 aliphatic heterocycles. The highest BCUT2D eigenvalue weighted by Crippen LogP contribution is 1.77. The Labute approximate surface area is 83.7 Å². The minimum Gasteiger partial charge on any atom is -0.394 e. The fourth-order valence-corrected chi connectivity index (χ4v) is 0.705. The van der Waals surface area contributed by atoms with E-state index >= 15 is 0 Å². The summed E-state index contributed by atoms with van der Waals surface area (Å²) in [7, 11) is 0. The van der Waals surface area contributed by atoms with Crippen LogP contribution in [-0.4, -0.2) is 50.6 Å². The van der Waals surface area contributed by atoms with Crippen molar-refractivity contribution in [3.05, 3.63) is 12.7 Å². The Hall–Kier alpha value is -0.910. The van der Waals surface area contributed by atoms with E-state index < -0.39 is 0 Å². The van der Waals surface area contributed by atoms with E-state index in [2.05, 4.69) is 11.9 Å². The quantitative estimate of drug-likeness (QED) is 0.384. The van der Waals surface area contributed by atoms with Gasteiger partial charge in [-0.2, -0.15) is 0 Å². The fraction of sp³-hybridized carbons (Fsp3) is 0.667. The molecule has 0 aliphatic rings. The zero-order valence-electron chi connectivity index (χ0n) is 8.20. The van der Waals surface area contributed by atoms with E-state index in [9.17, 15) is 4.79 Å². The molecular weight excluding hydrogens is 186 g/mol. The predicted octanol–water partition coefficient (Wildman–Crippen LogP) is -0.686.